The molecule has 0 spiro atoms. The fraction of sp³-hybridized carbons (Fsp3) is 0.778. The van der Waals surface area contributed by atoms with Crippen LogP contribution in [0.3, 0.4) is 0 Å². The van der Waals surface area contributed by atoms with Gasteiger partial charge in [-0.3, -0.25) is 19.2 Å². The Labute approximate surface area is 170 Å². The first-order valence-electron chi connectivity index (χ1n) is 9.50. The first-order valence-corrected chi connectivity index (χ1v) is 11.3. The van der Waals surface area contributed by atoms with Gasteiger partial charge in [0.2, 0.25) is 0 Å². The van der Waals surface area contributed by atoms with E-state index < -0.39 is 68.9 Å². The maximum Gasteiger partial charge on any atom is 0.320 e. The molecular formula is C18H28O10S. The molecule has 166 valence electrons. The molecule has 0 unspecified atom stereocenters. The van der Waals surface area contributed by atoms with E-state index in [1.165, 1.54) is 27.7 Å². The van der Waals surface area contributed by atoms with Gasteiger partial charge in [0.1, 0.15) is 0 Å². The highest BCUT2D eigenvalue weighted by atomic mass is 32.2. The van der Waals surface area contributed by atoms with Crippen molar-refractivity contribution < 1.29 is 46.5 Å². The van der Waals surface area contributed by atoms with Crippen LogP contribution in [0, 0.1) is 23.7 Å². The highest BCUT2D eigenvalue weighted by Gasteiger charge is 2.55. The van der Waals surface area contributed by atoms with Crippen LogP contribution >= 0.6 is 0 Å². The molecule has 2 atom stereocenters. The highest BCUT2D eigenvalue weighted by Crippen LogP contribution is 2.39. The molecule has 0 aromatic carbocycles. The molecule has 1 saturated heterocycles. The summed E-state index contributed by atoms with van der Waals surface area (Å²) in [6.45, 7) is 5.95. The van der Waals surface area contributed by atoms with Gasteiger partial charge in [0.25, 0.3) is 0 Å². The summed E-state index contributed by atoms with van der Waals surface area (Å²) in [5, 5.41) is 0. The Kier molecular flexibility index (Phi) is 9.54. The molecular weight excluding hydrogens is 408 g/mol. The van der Waals surface area contributed by atoms with Gasteiger partial charge in [0.05, 0.1) is 37.9 Å². The van der Waals surface area contributed by atoms with E-state index in [4.69, 9.17) is 18.9 Å². The Morgan fingerprint density at radius 3 is 1.10 bits per heavy atom. The summed E-state index contributed by atoms with van der Waals surface area (Å²) in [6, 6.07) is 0. The second-order valence-electron chi connectivity index (χ2n) is 6.37. The van der Waals surface area contributed by atoms with E-state index in [-0.39, 0.29) is 26.4 Å². The molecule has 0 aromatic heterocycles. The summed E-state index contributed by atoms with van der Waals surface area (Å²) in [6.07, 6.45) is 0. The number of sulfone groups is 1. The van der Waals surface area contributed by atoms with E-state index in [0.717, 1.165) is 0 Å². The van der Waals surface area contributed by atoms with Crippen LogP contribution in [0.4, 0.5) is 0 Å². The molecule has 1 aliphatic heterocycles. The van der Waals surface area contributed by atoms with Gasteiger partial charge in [-0.05, 0) is 27.7 Å². The zero-order valence-corrected chi connectivity index (χ0v) is 17.9. The molecule has 0 aromatic rings. The minimum atomic E-state index is -3.76. The number of rotatable bonds is 10. The predicted octanol–water partition coefficient (Wildman–Crippen LogP) is 0.132. The number of carbonyl (C=O) groups is 4. The molecule has 10 nitrogen and oxygen atoms in total. The van der Waals surface area contributed by atoms with Gasteiger partial charge in [-0.2, -0.15) is 0 Å². The molecule has 0 amide bonds. The van der Waals surface area contributed by atoms with Crippen LogP contribution < -0.4 is 0 Å². The van der Waals surface area contributed by atoms with Crippen molar-refractivity contribution in [3.05, 3.63) is 0 Å². The minimum absolute atomic E-state index is 0.0436. The first kappa shape index (κ1) is 24.9. The topological polar surface area (TPSA) is 139 Å². The number of carbonyl (C=O) groups excluding carboxylic acids is 4. The Bertz CT molecular complexity index is 624. The maximum atomic E-state index is 12.5. The summed E-state index contributed by atoms with van der Waals surface area (Å²) in [7, 11) is -3.76. The van der Waals surface area contributed by atoms with E-state index in [1.807, 2.05) is 0 Å². The molecule has 1 fully saturated rings. The largest absolute Gasteiger partial charge is 0.465 e. The Hall–Kier alpha value is -2.17. The normalized spacial score (nSPS) is 20.3. The second kappa shape index (κ2) is 11.1. The Morgan fingerprint density at radius 1 is 0.655 bits per heavy atom. The van der Waals surface area contributed by atoms with Crippen molar-refractivity contribution in [1.82, 2.24) is 0 Å². The molecule has 1 aliphatic rings. The lowest BCUT2D eigenvalue weighted by atomic mass is 9.76. The molecule has 1 heterocycles. The summed E-state index contributed by atoms with van der Waals surface area (Å²) in [5.41, 5.74) is 0. The zero-order valence-electron chi connectivity index (χ0n) is 17.0. The van der Waals surface area contributed by atoms with E-state index in [1.54, 1.807) is 0 Å². The quantitative estimate of drug-likeness (QED) is 0.264. The van der Waals surface area contributed by atoms with E-state index in [2.05, 4.69) is 0 Å². The van der Waals surface area contributed by atoms with E-state index in [0.29, 0.717) is 0 Å². The standard InChI is InChI=1S/C18H28O10S/c1-5-25-15(19)13(16(20)26-6-2)11-9-29(23,24)10-12(11)14(17(21)27-7-3)18(22)28-8-4/h11-14H,5-10H2,1-4H3/t11-,12-/m1/s1. The molecule has 0 N–H and O–H groups in total. The second-order valence-corrected chi connectivity index (χ2v) is 8.52. The number of ether oxygens (including phenoxy) is 4. The monoisotopic (exact) mass is 436 g/mol. The highest BCUT2D eigenvalue weighted by molar-refractivity contribution is 7.91. The fourth-order valence-corrected chi connectivity index (χ4v) is 5.60. The van der Waals surface area contributed by atoms with Crippen LogP contribution in [0.25, 0.3) is 0 Å². The zero-order chi connectivity index (χ0) is 22.2. The number of hydrogen-bond acceptors (Lipinski definition) is 10. The fourth-order valence-electron chi connectivity index (χ4n) is 3.41. The van der Waals surface area contributed by atoms with Crippen molar-refractivity contribution in [2.24, 2.45) is 23.7 Å². The minimum Gasteiger partial charge on any atom is -0.465 e. The van der Waals surface area contributed by atoms with Crippen molar-refractivity contribution in [3.63, 3.8) is 0 Å². The van der Waals surface area contributed by atoms with Crippen molar-refractivity contribution in [3.8, 4) is 0 Å². The van der Waals surface area contributed by atoms with Crippen molar-refractivity contribution in [2.75, 3.05) is 37.9 Å². The molecule has 11 heteroatoms. The van der Waals surface area contributed by atoms with Gasteiger partial charge in [-0.1, -0.05) is 0 Å². The van der Waals surface area contributed by atoms with Crippen LogP contribution in [0.2, 0.25) is 0 Å². The summed E-state index contributed by atoms with van der Waals surface area (Å²) >= 11 is 0. The van der Waals surface area contributed by atoms with Crippen LogP contribution in [0.15, 0.2) is 0 Å². The van der Waals surface area contributed by atoms with Gasteiger partial charge in [-0.15, -0.1) is 0 Å². The molecule has 1 rings (SSSR count). The molecule has 0 radical (unpaired) electrons. The number of esters is 4. The third-order valence-electron chi connectivity index (χ3n) is 4.46. The third kappa shape index (κ3) is 6.41. The first-order chi connectivity index (χ1) is 13.6. The van der Waals surface area contributed by atoms with Gasteiger partial charge in [-0.25, -0.2) is 8.42 Å². The predicted molar refractivity (Wildman–Crippen MR) is 99.1 cm³/mol. The van der Waals surface area contributed by atoms with Crippen LogP contribution in [0.5, 0.6) is 0 Å². The lowest BCUT2D eigenvalue weighted by molar-refractivity contribution is -0.172. The summed E-state index contributed by atoms with van der Waals surface area (Å²) in [4.78, 5) is 49.9. The van der Waals surface area contributed by atoms with Gasteiger partial charge in [0.15, 0.2) is 21.7 Å². The molecule has 0 saturated carbocycles. The summed E-state index contributed by atoms with van der Waals surface area (Å²) in [5.74, 6) is -10.6. The lowest BCUT2D eigenvalue weighted by Gasteiger charge is -2.28. The maximum absolute atomic E-state index is 12.5. The molecule has 29 heavy (non-hydrogen) atoms. The van der Waals surface area contributed by atoms with E-state index >= 15 is 0 Å². The van der Waals surface area contributed by atoms with E-state index in [9.17, 15) is 27.6 Å². The van der Waals surface area contributed by atoms with Crippen molar-refractivity contribution in [2.45, 2.75) is 27.7 Å². The third-order valence-corrected chi connectivity index (χ3v) is 6.25. The Balaban J connectivity index is 3.44. The smallest absolute Gasteiger partial charge is 0.320 e. The van der Waals surface area contributed by atoms with Gasteiger partial charge < -0.3 is 18.9 Å². The Morgan fingerprint density at radius 2 is 0.897 bits per heavy atom. The lowest BCUT2D eigenvalue weighted by Crippen LogP contribution is -2.44. The SMILES string of the molecule is CCOC(=O)C(C(=O)OCC)[C@@H]1CS(=O)(=O)C[C@H]1C(C(=O)OCC)C(=O)OCC. The molecule has 0 aliphatic carbocycles. The van der Waals surface area contributed by atoms with Crippen molar-refractivity contribution >= 4 is 33.7 Å². The summed E-state index contributed by atoms with van der Waals surface area (Å²) < 4.78 is 44.5. The molecule has 0 bridgehead atoms. The average Bonchev–Trinajstić information content (AvgIpc) is 2.91. The van der Waals surface area contributed by atoms with Crippen LogP contribution in [-0.4, -0.2) is 70.2 Å². The van der Waals surface area contributed by atoms with Crippen LogP contribution in [-0.2, 0) is 48.0 Å². The van der Waals surface area contributed by atoms with Gasteiger partial charge >= 0.3 is 23.9 Å². The van der Waals surface area contributed by atoms with Crippen molar-refractivity contribution in [1.29, 1.82) is 0 Å². The average molecular weight is 436 g/mol. The number of hydrogen-bond donors (Lipinski definition) is 0. The van der Waals surface area contributed by atoms with Gasteiger partial charge in [0, 0.05) is 11.8 Å². The van der Waals surface area contributed by atoms with Crippen LogP contribution in [0.1, 0.15) is 27.7 Å².